The Balaban J connectivity index is -0.000000219. The minimum Gasteiger partial charge on any atom is -0.0851 e. The Bertz CT molecular complexity index is 402. The first-order chi connectivity index (χ1) is 17.8. The number of rotatable bonds is 14. The summed E-state index contributed by atoms with van der Waals surface area (Å²) in [5.41, 5.74) is 1.73. The van der Waals surface area contributed by atoms with Gasteiger partial charge in [-0.05, 0) is 48.9 Å². The Kier molecular flexibility index (Phi) is 42.3. The topological polar surface area (TPSA) is 0 Å². The van der Waals surface area contributed by atoms with Gasteiger partial charge < -0.3 is 0 Å². The van der Waals surface area contributed by atoms with Crippen molar-refractivity contribution in [2.75, 3.05) is 0 Å². The molecule has 1 aliphatic rings. The van der Waals surface area contributed by atoms with Crippen LogP contribution in [-0.2, 0) is 0 Å². The monoisotopic (exact) mass is 525 g/mol. The van der Waals surface area contributed by atoms with Crippen molar-refractivity contribution in [2.45, 2.75) is 200 Å². The van der Waals surface area contributed by atoms with Gasteiger partial charge in [0.2, 0.25) is 0 Å². The molecule has 37 heavy (non-hydrogen) atoms. The molecule has 228 valence electrons. The van der Waals surface area contributed by atoms with Crippen LogP contribution in [0, 0.1) is 29.6 Å². The standard InChI is InChI=1S/C14H30.C13H24.C6H14.2C2H6/c1-5-8-10-14(7-3)12-11-13(4)9-6-2;1-5-6-7-13-9-11(3)10(2)8-12(13)4;1-3-5-6-4-2;2*1-2/h13-14H,5-12H2,1-4H3;7,10-12H,5-6,8-9H2,1-4H3;3-6H2,1-2H3;2*1-2H3/b;13-7+;;;. The second-order valence-corrected chi connectivity index (χ2v) is 11.5. The van der Waals surface area contributed by atoms with Crippen LogP contribution in [0.4, 0.5) is 0 Å². The van der Waals surface area contributed by atoms with E-state index in [0.717, 1.165) is 29.6 Å². The maximum absolute atomic E-state index is 2.49. The van der Waals surface area contributed by atoms with Crippen LogP contribution in [0.1, 0.15) is 200 Å². The van der Waals surface area contributed by atoms with E-state index >= 15 is 0 Å². The third kappa shape index (κ3) is 30.1. The minimum atomic E-state index is 0.845. The van der Waals surface area contributed by atoms with E-state index in [0.29, 0.717) is 0 Å². The number of hydrogen-bond donors (Lipinski definition) is 0. The molecule has 0 aromatic rings. The normalized spacial score (nSPS) is 21.0. The first-order valence-corrected chi connectivity index (χ1v) is 17.5. The van der Waals surface area contributed by atoms with Crippen molar-refractivity contribution in [1.29, 1.82) is 0 Å². The molecule has 0 nitrogen and oxygen atoms in total. The molecule has 1 fully saturated rings. The summed E-state index contributed by atoms with van der Waals surface area (Å²) in [6.45, 7) is 31.3. The van der Waals surface area contributed by atoms with Crippen LogP contribution in [0.3, 0.4) is 0 Å². The van der Waals surface area contributed by atoms with Gasteiger partial charge >= 0.3 is 0 Å². The van der Waals surface area contributed by atoms with Crippen LogP contribution in [0.15, 0.2) is 11.6 Å². The van der Waals surface area contributed by atoms with Gasteiger partial charge in [-0.3, -0.25) is 0 Å². The Morgan fingerprint density at radius 2 is 1.19 bits per heavy atom. The molecule has 5 unspecified atom stereocenters. The van der Waals surface area contributed by atoms with Crippen LogP contribution in [0.2, 0.25) is 0 Å². The van der Waals surface area contributed by atoms with Crippen molar-refractivity contribution >= 4 is 0 Å². The summed E-state index contributed by atoms with van der Waals surface area (Å²) in [6, 6.07) is 0. The van der Waals surface area contributed by atoms with Crippen molar-refractivity contribution in [3.05, 3.63) is 11.6 Å². The zero-order chi connectivity index (χ0) is 29.5. The lowest BCUT2D eigenvalue weighted by atomic mass is 9.73. The van der Waals surface area contributed by atoms with Gasteiger partial charge in [-0.1, -0.05) is 192 Å². The van der Waals surface area contributed by atoms with Gasteiger partial charge in [0.15, 0.2) is 0 Å². The third-order valence-electron chi connectivity index (χ3n) is 7.93. The predicted molar refractivity (Wildman–Crippen MR) is 179 cm³/mol. The number of allylic oxidation sites excluding steroid dienone is 2. The van der Waals surface area contributed by atoms with E-state index in [1.807, 2.05) is 27.7 Å². The van der Waals surface area contributed by atoms with E-state index in [-0.39, 0.29) is 0 Å². The fourth-order valence-electron chi connectivity index (χ4n) is 5.03. The molecule has 0 aromatic heterocycles. The van der Waals surface area contributed by atoms with Crippen molar-refractivity contribution in [2.24, 2.45) is 29.6 Å². The minimum absolute atomic E-state index is 0.845. The molecule has 0 bridgehead atoms. The number of unbranched alkanes of at least 4 members (excludes halogenated alkanes) is 5. The van der Waals surface area contributed by atoms with Crippen molar-refractivity contribution < 1.29 is 0 Å². The van der Waals surface area contributed by atoms with E-state index in [2.05, 4.69) is 75.3 Å². The quantitative estimate of drug-likeness (QED) is 0.156. The molecule has 0 radical (unpaired) electrons. The van der Waals surface area contributed by atoms with Gasteiger partial charge in [0, 0.05) is 0 Å². The summed E-state index contributed by atoms with van der Waals surface area (Å²) in [6.07, 6.45) is 24.7. The Labute approximate surface area is 240 Å². The summed E-state index contributed by atoms with van der Waals surface area (Å²) in [4.78, 5) is 0. The Morgan fingerprint density at radius 1 is 0.649 bits per heavy atom. The zero-order valence-corrected chi connectivity index (χ0v) is 29.3. The fraction of sp³-hybridized carbons (Fsp3) is 0.946. The van der Waals surface area contributed by atoms with Gasteiger partial charge in [0.1, 0.15) is 0 Å². The summed E-state index contributed by atoms with van der Waals surface area (Å²) in [5.74, 6) is 4.63. The van der Waals surface area contributed by atoms with Gasteiger partial charge in [0.05, 0.1) is 0 Å². The molecule has 1 aliphatic carbocycles. The molecule has 0 aromatic carbocycles. The van der Waals surface area contributed by atoms with Crippen molar-refractivity contribution in [1.82, 2.24) is 0 Å². The highest BCUT2D eigenvalue weighted by molar-refractivity contribution is 5.10. The second-order valence-electron chi connectivity index (χ2n) is 11.5. The van der Waals surface area contributed by atoms with Crippen LogP contribution >= 0.6 is 0 Å². The molecular formula is C37H80. The number of hydrogen-bond acceptors (Lipinski definition) is 0. The van der Waals surface area contributed by atoms with Gasteiger partial charge in [-0.25, -0.2) is 0 Å². The highest BCUT2D eigenvalue weighted by Gasteiger charge is 2.24. The summed E-state index contributed by atoms with van der Waals surface area (Å²) < 4.78 is 0. The molecule has 5 atom stereocenters. The van der Waals surface area contributed by atoms with Crippen LogP contribution < -0.4 is 0 Å². The maximum Gasteiger partial charge on any atom is -0.0229 e. The third-order valence-corrected chi connectivity index (χ3v) is 7.93. The molecule has 0 N–H and O–H groups in total. The van der Waals surface area contributed by atoms with Crippen LogP contribution in [0.5, 0.6) is 0 Å². The van der Waals surface area contributed by atoms with Crippen LogP contribution in [0.25, 0.3) is 0 Å². The lowest BCUT2D eigenvalue weighted by molar-refractivity contribution is 0.276. The molecule has 0 spiro atoms. The molecular weight excluding hydrogens is 444 g/mol. The van der Waals surface area contributed by atoms with E-state index in [1.54, 1.807) is 5.57 Å². The molecule has 1 rings (SSSR count). The molecule has 0 aliphatic heterocycles. The molecule has 0 heteroatoms. The highest BCUT2D eigenvalue weighted by Crippen LogP contribution is 2.37. The lowest BCUT2D eigenvalue weighted by Gasteiger charge is -2.32. The summed E-state index contributed by atoms with van der Waals surface area (Å²) >= 11 is 0. The van der Waals surface area contributed by atoms with E-state index < -0.39 is 0 Å². The molecule has 1 saturated carbocycles. The zero-order valence-electron chi connectivity index (χ0n) is 29.3. The average Bonchev–Trinajstić information content (AvgIpc) is 2.92. The van der Waals surface area contributed by atoms with Gasteiger partial charge in [-0.15, -0.1) is 0 Å². The lowest BCUT2D eigenvalue weighted by Crippen LogP contribution is -2.21. The predicted octanol–water partition coefficient (Wildman–Crippen LogP) is 14.5. The van der Waals surface area contributed by atoms with Crippen LogP contribution in [-0.4, -0.2) is 0 Å². The average molecular weight is 525 g/mol. The second kappa shape index (κ2) is 35.7. The SMILES string of the molecule is CC.CC.CCC/C=C1\CC(C)C(C)CC1C.CCCCC(CC)CCC(C)CCC.CCCCCC. The fourth-order valence-corrected chi connectivity index (χ4v) is 5.03. The smallest absolute Gasteiger partial charge is 0.0229 e. The highest BCUT2D eigenvalue weighted by atomic mass is 14.3. The van der Waals surface area contributed by atoms with E-state index in [1.165, 1.54) is 103 Å². The largest absolute Gasteiger partial charge is 0.0851 e. The molecule has 0 heterocycles. The molecule has 0 saturated heterocycles. The molecule has 0 amide bonds. The van der Waals surface area contributed by atoms with E-state index in [4.69, 9.17) is 0 Å². The van der Waals surface area contributed by atoms with Crippen molar-refractivity contribution in [3.8, 4) is 0 Å². The van der Waals surface area contributed by atoms with Gasteiger partial charge in [0.25, 0.3) is 0 Å². The Hall–Kier alpha value is -0.260. The first-order valence-electron chi connectivity index (χ1n) is 17.5. The van der Waals surface area contributed by atoms with Crippen molar-refractivity contribution in [3.63, 3.8) is 0 Å². The maximum atomic E-state index is 2.49. The first kappa shape index (κ1) is 43.8. The van der Waals surface area contributed by atoms with Gasteiger partial charge in [-0.2, -0.15) is 0 Å². The Morgan fingerprint density at radius 3 is 1.62 bits per heavy atom. The van der Waals surface area contributed by atoms with E-state index in [9.17, 15) is 0 Å². The summed E-state index contributed by atoms with van der Waals surface area (Å²) in [5, 5.41) is 0. The summed E-state index contributed by atoms with van der Waals surface area (Å²) in [7, 11) is 0.